The fourth-order valence-corrected chi connectivity index (χ4v) is 3.74. The van der Waals surface area contributed by atoms with Crippen LogP contribution in [0, 0.1) is 0 Å². The third-order valence-electron chi connectivity index (χ3n) is 5.21. The smallest absolute Gasteiger partial charge is 0.226 e. The fourth-order valence-electron chi connectivity index (χ4n) is 3.74. The number of carbonyl (C=O) groups excluding carboxylic acids is 1. The molecule has 1 unspecified atom stereocenters. The van der Waals surface area contributed by atoms with E-state index in [4.69, 9.17) is 9.72 Å². The van der Waals surface area contributed by atoms with Crippen molar-refractivity contribution in [2.24, 2.45) is 0 Å². The van der Waals surface area contributed by atoms with Crippen molar-refractivity contribution >= 4 is 11.9 Å². The molecule has 1 N–H and O–H groups in total. The summed E-state index contributed by atoms with van der Waals surface area (Å²) in [5, 5.41) is 3.11. The van der Waals surface area contributed by atoms with Crippen LogP contribution in [0.1, 0.15) is 36.6 Å². The van der Waals surface area contributed by atoms with Crippen LogP contribution in [0.4, 0.5) is 5.95 Å². The number of hydrogen-bond donors (Lipinski definition) is 1. The predicted octanol–water partition coefficient (Wildman–Crippen LogP) is 1.70. The molecule has 0 aliphatic carbocycles. The first-order valence-electron chi connectivity index (χ1n) is 9.63. The summed E-state index contributed by atoms with van der Waals surface area (Å²) >= 11 is 0. The number of anilines is 1. The second-order valence-corrected chi connectivity index (χ2v) is 7.17. The first-order valence-corrected chi connectivity index (χ1v) is 9.63. The fraction of sp³-hybridized carbons (Fsp3) is 0.500. The number of ether oxygens (including phenoxy) is 1. The van der Waals surface area contributed by atoms with Crippen LogP contribution in [-0.4, -0.2) is 53.2 Å². The Balaban J connectivity index is 1.33. The topological polar surface area (TPSA) is 80.2 Å². The summed E-state index contributed by atoms with van der Waals surface area (Å²) in [6, 6.07) is 7.76. The molecule has 4 heterocycles. The van der Waals surface area contributed by atoms with Gasteiger partial charge in [-0.05, 0) is 37.5 Å². The average molecular weight is 367 g/mol. The Labute approximate surface area is 159 Å². The first-order chi connectivity index (χ1) is 13.3. The van der Waals surface area contributed by atoms with Crippen LogP contribution in [0.25, 0.3) is 0 Å². The number of nitrogens with one attached hydrogen (secondary N) is 1. The van der Waals surface area contributed by atoms with Crippen molar-refractivity contribution in [2.75, 3.05) is 31.2 Å². The maximum absolute atomic E-state index is 12.3. The molecule has 4 rings (SSSR count). The molecule has 2 saturated heterocycles. The molecule has 7 nitrogen and oxygen atoms in total. The molecule has 2 aromatic rings. The Morgan fingerprint density at radius 1 is 1.15 bits per heavy atom. The van der Waals surface area contributed by atoms with Crippen molar-refractivity contribution in [2.45, 2.75) is 37.6 Å². The SMILES string of the molecule is O=C(Cc1ccccn1)NC1CCN(c2nccc(C3CCOCC3)n2)C1. The lowest BCUT2D eigenvalue weighted by Gasteiger charge is -2.23. The maximum atomic E-state index is 12.3. The molecule has 0 aromatic carbocycles. The van der Waals surface area contributed by atoms with Crippen LogP contribution in [0.5, 0.6) is 0 Å². The van der Waals surface area contributed by atoms with Gasteiger partial charge in [-0.25, -0.2) is 9.97 Å². The van der Waals surface area contributed by atoms with Gasteiger partial charge in [-0.3, -0.25) is 9.78 Å². The minimum atomic E-state index is 0.0115. The highest BCUT2D eigenvalue weighted by Gasteiger charge is 2.26. The van der Waals surface area contributed by atoms with Crippen molar-refractivity contribution in [3.8, 4) is 0 Å². The van der Waals surface area contributed by atoms with Gasteiger partial charge in [0.2, 0.25) is 11.9 Å². The number of carbonyl (C=O) groups is 1. The van der Waals surface area contributed by atoms with Gasteiger partial charge in [-0.2, -0.15) is 0 Å². The Morgan fingerprint density at radius 3 is 2.85 bits per heavy atom. The standard InChI is InChI=1S/C20H25N5O2/c26-19(13-16-3-1-2-8-21-16)23-17-5-10-25(14-17)20-22-9-4-18(24-20)15-6-11-27-12-7-15/h1-4,8-9,15,17H,5-7,10-14H2,(H,23,26). The van der Waals surface area contributed by atoms with Gasteiger partial charge in [0.1, 0.15) is 0 Å². The van der Waals surface area contributed by atoms with Crippen molar-refractivity contribution < 1.29 is 9.53 Å². The Hall–Kier alpha value is -2.54. The largest absolute Gasteiger partial charge is 0.381 e. The van der Waals surface area contributed by atoms with Crippen LogP contribution < -0.4 is 10.2 Å². The van der Waals surface area contributed by atoms with E-state index in [2.05, 4.69) is 20.2 Å². The Bertz CT molecular complexity index is 764. The van der Waals surface area contributed by atoms with E-state index in [0.717, 1.165) is 62.9 Å². The number of rotatable bonds is 5. The van der Waals surface area contributed by atoms with E-state index in [0.29, 0.717) is 12.3 Å². The van der Waals surface area contributed by atoms with E-state index < -0.39 is 0 Å². The normalized spacial score (nSPS) is 20.6. The lowest BCUT2D eigenvalue weighted by atomic mass is 9.96. The zero-order valence-corrected chi connectivity index (χ0v) is 15.4. The van der Waals surface area contributed by atoms with Gasteiger partial charge < -0.3 is 15.0 Å². The molecular formula is C20H25N5O2. The van der Waals surface area contributed by atoms with Gasteiger partial charge in [-0.1, -0.05) is 6.07 Å². The predicted molar refractivity (Wildman–Crippen MR) is 102 cm³/mol. The van der Waals surface area contributed by atoms with Crippen LogP contribution in [0.15, 0.2) is 36.7 Å². The highest BCUT2D eigenvalue weighted by atomic mass is 16.5. The molecule has 2 fully saturated rings. The summed E-state index contributed by atoms with van der Waals surface area (Å²) in [7, 11) is 0. The molecule has 27 heavy (non-hydrogen) atoms. The number of pyridine rings is 1. The average Bonchev–Trinajstić information content (AvgIpc) is 3.18. The lowest BCUT2D eigenvalue weighted by Crippen LogP contribution is -2.38. The van der Waals surface area contributed by atoms with E-state index in [1.165, 1.54) is 0 Å². The van der Waals surface area contributed by atoms with E-state index in [-0.39, 0.29) is 11.9 Å². The molecular weight excluding hydrogens is 342 g/mol. The number of amides is 1. The van der Waals surface area contributed by atoms with Crippen LogP contribution >= 0.6 is 0 Å². The summed E-state index contributed by atoms with van der Waals surface area (Å²) in [4.78, 5) is 27.9. The van der Waals surface area contributed by atoms with Gasteiger partial charge in [0.05, 0.1) is 6.42 Å². The summed E-state index contributed by atoms with van der Waals surface area (Å²) < 4.78 is 5.45. The van der Waals surface area contributed by atoms with Crippen LogP contribution in [0.2, 0.25) is 0 Å². The van der Waals surface area contributed by atoms with Gasteiger partial charge in [0, 0.05) is 62.0 Å². The molecule has 2 aromatic heterocycles. The molecule has 0 radical (unpaired) electrons. The highest BCUT2D eigenvalue weighted by Crippen LogP contribution is 2.26. The minimum Gasteiger partial charge on any atom is -0.381 e. The van der Waals surface area contributed by atoms with Crippen LogP contribution in [0.3, 0.4) is 0 Å². The Morgan fingerprint density at radius 2 is 2.04 bits per heavy atom. The van der Waals surface area contributed by atoms with E-state index >= 15 is 0 Å². The maximum Gasteiger partial charge on any atom is 0.226 e. The van der Waals surface area contributed by atoms with E-state index in [1.54, 1.807) is 6.20 Å². The molecule has 7 heteroatoms. The molecule has 1 amide bonds. The summed E-state index contributed by atoms with van der Waals surface area (Å²) in [5.74, 6) is 1.23. The first kappa shape index (κ1) is 17.9. The molecule has 142 valence electrons. The highest BCUT2D eigenvalue weighted by molar-refractivity contribution is 5.78. The number of nitrogens with zero attached hydrogens (tertiary/aromatic N) is 4. The third kappa shape index (κ3) is 4.60. The lowest BCUT2D eigenvalue weighted by molar-refractivity contribution is -0.121. The zero-order valence-electron chi connectivity index (χ0n) is 15.4. The third-order valence-corrected chi connectivity index (χ3v) is 5.21. The van der Waals surface area contributed by atoms with Crippen molar-refractivity contribution in [1.82, 2.24) is 20.3 Å². The quantitative estimate of drug-likeness (QED) is 0.866. The molecule has 2 aliphatic heterocycles. The monoisotopic (exact) mass is 367 g/mol. The molecule has 1 atom stereocenters. The van der Waals surface area contributed by atoms with Gasteiger partial charge in [0.15, 0.2) is 0 Å². The molecule has 0 bridgehead atoms. The second kappa shape index (κ2) is 8.43. The van der Waals surface area contributed by atoms with Gasteiger partial charge >= 0.3 is 0 Å². The zero-order chi connectivity index (χ0) is 18.5. The summed E-state index contributed by atoms with van der Waals surface area (Å²) in [6.45, 7) is 3.20. The van der Waals surface area contributed by atoms with Crippen molar-refractivity contribution in [3.63, 3.8) is 0 Å². The minimum absolute atomic E-state index is 0.0115. The molecule has 0 saturated carbocycles. The van der Waals surface area contributed by atoms with Crippen molar-refractivity contribution in [1.29, 1.82) is 0 Å². The van der Waals surface area contributed by atoms with Crippen molar-refractivity contribution in [3.05, 3.63) is 48.0 Å². The number of aromatic nitrogens is 3. The Kier molecular flexibility index (Phi) is 5.58. The van der Waals surface area contributed by atoms with Crippen LogP contribution in [-0.2, 0) is 16.0 Å². The van der Waals surface area contributed by atoms with Gasteiger partial charge in [-0.15, -0.1) is 0 Å². The molecule has 2 aliphatic rings. The molecule has 0 spiro atoms. The van der Waals surface area contributed by atoms with Gasteiger partial charge in [0.25, 0.3) is 0 Å². The second-order valence-electron chi connectivity index (χ2n) is 7.17. The number of hydrogen-bond acceptors (Lipinski definition) is 6. The summed E-state index contributed by atoms with van der Waals surface area (Å²) in [6.07, 6.45) is 6.81. The summed E-state index contributed by atoms with van der Waals surface area (Å²) in [5.41, 5.74) is 1.89. The van der Waals surface area contributed by atoms with E-state index in [9.17, 15) is 4.79 Å². The van der Waals surface area contributed by atoms with E-state index in [1.807, 2.05) is 30.5 Å².